The number of methoxy groups -OCH3 is 1. The van der Waals surface area contributed by atoms with Crippen LogP contribution in [0, 0.1) is 20.8 Å². The van der Waals surface area contributed by atoms with Crippen LogP contribution in [-0.4, -0.2) is 18.0 Å². The van der Waals surface area contributed by atoms with Gasteiger partial charge in [0.15, 0.2) is 5.78 Å². The highest BCUT2D eigenvalue weighted by Gasteiger charge is 2.06. The molecule has 0 bridgehead atoms. The van der Waals surface area contributed by atoms with E-state index in [-0.39, 0.29) is 5.78 Å². The number of phenolic OH excluding ortho intramolecular Hbond substituents is 1. The van der Waals surface area contributed by atoms with Crippen molar-refractivity contribution in [1.82, 2.24) is 0 Å². The Bertz CT molecular complexity index is 719. The van der Waals surface area contributed by atoms with E-state index >= 15 is 0 Å². The number of hydrogen-bond donors (Lipinski definition) is 1. The number of ether oxygens (including phenoxy) is 1. The van der Waals surface area contributed by atoms with Gasteiger partial charge in [-0.15, -0.1) is 0 Å². The van der Waals surface area contributed by atoms with E-state index in [0.29, 0.717) is 11.3 Å². The van der Waals surface area contributed by atoms with Gasteiger partial charge in [-0.05, 0) is 79.4 Å². The molecule has 0 fully saturated rings. The maximum Gasteiger partial charge on any atom is 0.185 e. The lowest BCUT2D eigenvalue weighted by atomic mass is 10.0. The van der Waals surface area contributed by atoms with Crippen LogP contribution >= 0.6 is 0 Å². The van der Waals surface area contributed by atoms with Crippen molar-refractivity contribution in [1.29, 1.82) is 0 Å². The second kappa shape index (κ2) is 6.48. The summed E-state index contributed by atoms with van der Waals surface area (Å²) in [5, 5.41) is 9.76. The van der Waals surface area contributed by atoms with Crippen molar-refractivity contribution in [3.8, 4) is 11.5 Å². The monoisotopic (exact) mass is 296 g/mol. The fourth-order valence-electron chi connectivity index (χ4n) is 2.39. The quantitative estimate of drug-likeness (QED) is 0.678. The molecule has 0 aliphatic carbocycles. The molecule has 0 unspecified atom stereocenters. The Morgan fingerprint density at radius 3 is 2.23 bits per heavy atom. The predicted molar refractivity (Wildman–Crippen MR) is 88.7 cm³/mol. The molecule has 0 aliphatic heterocycles. The number of rotatable bonds is 4. The topological polar surface area (TPSA) is 46.5 Å². The predicted octanol–water partition coefficient (Wildman–Crippen LogP) is 4.22. The van der Waals surface area contributed by atoms with Gasteiger partial charge in [-0.25, -0.2) is 0 Å². The molecule has 0 amide bonds. The molecule has 1 N–H and O–H groups in total. The van der Waals surface area contributed by atoms with Crippen LogP contribution in [0.2, 0.25) is 0 Å². The highest BCUT2D eigenvalue weighted by Crippen LogP contribution is 2.24. The molecule has 0 saturated heterocycles. The van der Waals surface area contributed by atoms with Crippen molar-refractivity contribution in [3.63, 3.8) is 0 Å². The summed E-state index contributed by atoms with van der Waals surface area (Å²) >= 11 is 0. The first-order valence-electron chi connectivity index (χ1n) is 7.09. The Morgan fingerprint density at radius 2 is 1.68 bits per heavy atom. The van der Waals surface area contributed by atoms with Crippen molar-refractivity contribution < 1.29 is 14.6 Å². The molecule has 2 aromatic carbocycles. The van der Waals surface area contributed by atoms with Crippen molar-refractivity contribution >= 4 is 11.9 Å². The maximum atomic E-state index is 12.2. The van der Waals surface area contributed by atoms with Gasteiger partial charge in [-0.1, -0.05) is 6.08 Å². The lowest BCUT2D eigenvalue weighted by Gasteiger charge is -2.06. The van der Waals surface area contributed by atoms with Gasteiger partial charge in [0, 0.05) is 5.56 Å². The highest BCUT2D eigenvalue weighted by atomic mass is 16.5. The third kappa shape index (κ3) is 3.37. The molecule has 0 heterocycles. The number of carbonyl (C=O) groups excluding carboxylic acids is 1. The van der Waals surface area contributed by atoms with Crippen LogP contribution in [0.4, 0.5) is 0 Å². The molecule has 114 valence electrons. The van der Waals surface area contributed by atoms with E-state index in [0.717, 1.165) is 28.0 Å². The Kier molecular flexibility index (Phi) is 4.66. The Hall–Kier alpha value is -2.55. The summed E-state index contributed by atoms with van der Waals surface area (Å²) in [6.07, 6.45) is 3.31. The highest BCUT2D eigenvalue weighted by molar-refractivity contribution is 6.07. The number of aromatic hydroxyl groups is 1. The number of allylic oxidation sites excluding steroid dienone is 1. The summed E-state index contributed by atoms with van der Waals surface area (Å²) in [4.78, 5) is 12.2. The van der Waals surface area contributed by atoms with Crippen LogP contribution in [0.25, 0.3) is 6.08 Å². The van der Waals surface area contributed by atoms with Gasteiger partial charge in [0.2, 0.25) is 0 Å². The van der Waals surface area contributed by atoms with E-state index in [1.165, 1.54) is 0 Å². The molecular formula is C19H20O3. The SMILES string of the molecule is COc1ccc(C(=O)/C=C/c2cc(C)c(O)c(C)c2)cc1C. The van der Waals surface area contributed by atoms with Crippen molar-refractivity contribution in [3.05, 3.63) is 64.2 Å². The Labute approximate surface area is 130 Å². The van der Waals surface area contributed by atoms with Crippen molar-refractivity contribution in [2.45, 2.75) is 20.8 Å². The number of ketones is 1. The molecule has 2 aromatic rings. The van der Waals surface area contributed by atoms with Gasteiger partial charge in [0.25, 0.3) is 0 Å². The van der Waals surface area contributed by atoms with E-state index in [1.54, 1.807) is 31.4 Å². The molecule has 0 aromatic heterocycles. The third-order valence-electron chi connectivity index (χ3n) is 3.62. The van der Waals surface area contributed by atoms with E-state index in [9.17, 15) is 9.90 Å². The van der Waals surface area contributed by atoms with Crippen LogP contribution in [0.15, 0.2) is 36.4 Å². The van der Waals surface area contributed by atoms with Crippen LogP contribution < -0.4 is 4.74 Å². The number of aryl methyl sites for hydroxylation is 3. The minimum atomic E-state index is -0.0610. The lowest BCUT2D eigenvalue weighted by Crippen LogP contribution is -1.96. The van der Waals surface area contributed by atoms with Crippen LogP contribution in [0.1, 0.15) is 32.6 Å². The molecule has 22 heavy (non-hydrogen) atoms. The van der Waals surface area contributed by atoms with Crippen molar-refractivity contribution in [2.24, 2.45) is 0 Å². The minimum absolute atomic E-state index is 0.0610. The summed E-state index contributed by atoms with van der Waals surface area (Å²) in [5.74, 6) is 1.01. The zero-order valence-electron chi connectivity index (χ0n) is 13.3. The largest absolute Gasteiger partial charge is 0.507 e. The van der Waals surface area contributed by atoms with Crippen LogP contribution in [-0.2, 0) is 0 Å². The average Bonchev–Trinajstić information content (AvgIpc) is 2.49. The number of benzene rings is 2. The van der Waals surface area contributed by atoms with Gasteiger partial charge in [0.05, 0.1) is 7.11 Å². The molecule has 0 spiro atoms. The smallest absolute Gasteiger partial charge is 0.185 e. The molecule has 0 atom stereocenters. The number of hydrogen-bond acceptors (Lipinski definition) is 3. The molecule has 0 saturated carbocycles. The first-order valence-corrected chi connectivity index (χ1v) is 7.09. The summed E-state index contributed by atoms with van der Waals surface area (Å²) in [5.41, 5.74) is 4.05. The number of phenols is 1. The minimum Gasteiger partial charge on any atom is -0.507 e. The van der Waals surface area contributed by atoms with E-state index in [2.05, 4.69) is 0 Å². The van der Waals surface area contributed by atoms with E-state index in [4.69, 9.17) is 4.74 Å². The molecule has 2 rings (SSSR count). The van der Waals surface area contributed by atoms with Gasteiger partial charge in [-0.2, -0.15) is 0 Å². The maximum absolute atomic E-state index is 12.2. The van der Waals surface area contributed by atoms with Gasteiger partial charge >= 0.3 is 0 Å². The van der Waals surface area contributed by atoms with Gasteiger partial charge in [0.1, 0.15) is 11.5 Å². The molecule has 0 radical (unpaired) electrons. The average molecular weight is 296 g/mol. The molecule has 3 nitrogen and oxygen atoms in total. The summed E-state index contributed by atoms with van der Waals surface area (Å²) in [6, 6.07) is 9.08. The normalized spacial score (nSPS) is 10.9. The standard InChI is InChI=1S/C19H20O3/c1-12-11-16(6-8-18(12)22-4)17(20)7-5-15-9-13(2)19(21)14(3)10-15/h5-11,21H,1-4H3/b7-5+. The second-order valence-corrected chi connectivity index (χ2v) is 5.39. The summed E-state index contributed by atoms with van der Waals surface area (Å²) in [7, 11) is 1.61. The fourth-order valence-corrected chi connectivity index (χ4v) is 2.39. The summed E-state index contributed by atoms with van der Waals surface area (Å²) in [6.45, 7) is 5.59. The molecule has 3 heteroatoms. The zero-order valence-corrected chi connectivity index (χ0v) is 13.3. The second-order valence-electron chi connectivity index (χ2n) is 5.39. The number of carbonyl (C=O) groups is 1. The van der Waals surface area contributed by atoms with E-state index < -0.39 is 0 Å². The fraction of sp³-hybridized carbons (Fsp3) is 0.211. The zero-order chi connectivity index (χ0) is 16.3. The first kappa shape index (κ1) is 15.8. The first-order chi connectivity index (χ1) is 10.4. The van der Waals surface area contributed by atoms with E-state index in [1.807, 2.05) is 39.0 Å². The van der Waals surface area contributed by atoms with Crippen LogP contribution in [0.5, 0.6) is 11.5 Å². The Balaban J connectivity index is 2.23. The molecule has 0 aliphatic rings. The summed E-state index contributed by atoms with van der Waals surface area (Å²) < 4.78 is 5.19. The van der Waals surface area contributed by atoms with Gasteiger partial charge in [-0.3, -0.25) is 4.79 Å². The molecular weight excluding hydrogens is 276 g/mol. The Morgan fingerprint density at radius 1 is 1.05 bits per heavy atom. The van der Waals surface area contributed by atoms with Crippen LogP contribution in [0.3, 0.4) is 0 Å². The lowest BCUT2D eigenvalue weighted by molar-refractivity contribution is 0.104. The van der Waals surface area contributed by atoms with Gasteiger partial charge < -0.3 is 9.84 Å². The van der Waals surface area contributed by atoms with Crippen molar-refractivity contribution in [2.75, 3.05) is 7.11 Å². The third-order valence-corrected chi connectivity index (χ3v) is 3.62.